The number of unbranched alkanes of at least 4 members (excludes halogenated alkanes) is 27. The third-order valence-electron chi connectivity index (χ3n) is 12.4. The summed E-state index contributed by atoms with van der Waals surface area (Å²) in [5.74, 6) is 0. The van der Waals surface area contributed by atoms with E-state index in [4.69, 9.17) is 0 Å². The molecule has 3 heteroatoms. The number of nitrogens with zero attached hydrogens (tertiary/aromatic N) is 3. The van der Waals surface area contributed by atoms with E-state index in [2.05, 4.69) is 84.1 Å². The second-order valence-corrected chi connectivity index (χ2v) is 17.9. The summed E-state index contributed by atoms with van der Waals surface area (Å²) in [4.78, 5) is 8.38. The maximum absolute atomic E-state index is 2.85. The van der Waals surface area contributed by atoms with Gasteiger partial charge in [-0.3, -0.25) is 4.90 Å². The largest absolute Gasteiger partial charge is 0.302 e. The van der Waals surface area contributed by atoms with E-state index in [1.807, 2.05) is 0 Å². The molecule has 3 nitrogen and oxygen atoms in total. The molecule has 0 aromatic rings. The highest BCUT2D eigenvalue weighted by molar-refractivity contribution is 4.93. The number of hydrogen-bond acceptors (Lipinski definition) is 3. The van der Waals surface area contributed by atoms with Gasteiger partial charge in [0.25, 0.3) is 0 Å². The molecule has 1 rings (SSSR count). The van der Waals surface area contributed by atoms with Gasteiger partial charge in [-0.1, -0.05) is 204 Å². The maximum Gasteiger partial charge on any atom is 0.0110 e. The predicted molar refractivity (Wildman–Crippen MR) is 260 cm³/mol. The van der Waals surface area contributed by atoms with Gasteiger partial charge in [0.05, 0.1) is 0 Å². The van der Waals surface area contributed by atoms with Crippen molar-refractivity contribution in [2.24, 2.45) is 0 Å². The Balaban J connectivity index is 2.23. The van der Waals surface area contributed by atoms with Crippen LogP contribution < -0.4 is 0 Å². The molecular weight excluding hydrogens is 691 g/mol. The van der Waals surface area contributed by atoms with E-state index in [1.165, 1.54) is 264 Å². The van der Waals surface area contributed by atoms with Crippen molar-refractivity contribution >= 4 is 0 Å². The summed E-state index contributed by atoms with van der Waals surface area (Å²) in [5, 5.41) is 0. The van der Waals surface area contributed by atoms with Gasteiger partial charge in [-0.15, -0.1) is 0 Å². The first kappa shape index (κ1) is 53.9. The highest BCUT2D eigenvalue weighted by Crippen LogP contribution is 2.14. The van der Waals surface area contributed by atoms with Crippen molar-refractivity contribution in [2.75, 3.05) is 58.9 Å². The van der Waals surface area contributed by atoms with Crippen molar-refractivity contribution in [3.8, 4) is 0 Å². The first-order chi connectivity index (χ1) is 28.3. The molecule has 0 atom stereocenters. The fourth-order valence-electron chi connectivity index (χ4n) is 8.32. The molecule has 1 fully saturated rings. The van der Waals surface area contributed by atoms with E-state index >= 15 is 0 Å². The van der Waals surface area contributed by atoms with Gasteiger partial charge in [-0.25, -0.2) is 0 Å². The lowest BCUT2D eigenvalue weighted by atomic mass is 10.1. The van der Waals surface area contributed by atoms with Crippen molar-refractivity contribution in [1.29, 1.82) is 0 Å². The highest BCUT2D eigenvalue weighted by Gasteiger charge is 2.17. The van der Waals surface area contributed by atoms with Crippen LogP contribution in [-0.2, 0) is 0 Å². The van der Waals surface area contributed by atoms with Gasteiger partial charge >= 0.3 is 0 Å². The van der Waals surface area contributed by atoms with E-state index in [0.29, 0.717) is 0 Å². The zero-order chi connectivity index (χ0) is 40.8. The quantitative estimate of drug-likeness (QED) is 0.0449. The molecule has 0 spiro atoms. The minimum Gasteiger partial charge on any atom is -0.302 e. The van der Waals surface area contributed by atoms with Crippen LogP contribution in [0.5, 0.6) is 0 Å². The Morgan fingerprint density at radius 1 is 0.298 bits per heavy atom. The van der Waals surface area contributed by atoms with Crippen LogP contribution in [0.15, 0.2) is 48.6 Å². The summed E-state index contributed by atoms with van der Waals surface area (Å²) in [5.41, 5.74) is 0. The standard InChI is InChI=1S/C54H103N3/c1-4-7-10-13-16-19-22-24-26-28-30-32-35-37-40-43-46-55(47-44-41-38-36-33-31-29-27-25-23-20-17-14-11-8-5-2)49-52-57-53-50-56(51-54-57)48-45-42-39-34-21-18-15-12-9-6-3/h16-17,19-20,24-27H,4-15,18,21-23,28-54H2,1-3H3/b19-16-,20-17?,26-24-,27-25?. The SMILES string of the molecule is CCCCCC=CCC=CCCCCCCCCN(CCCCCCCC/C=C\C/C=C\CCCCC)CCN1CCN(CCCCCCCCCCCC)CC1. The van der Waals surface area contributed by atoms with Crippen molar-refractivity contribution in [2.45, 2.75) is 239 Å². The zero-order valence-electron chi connectivity index (χ0n) is 39.4. The Morgan fingerprint density at radius 3 is 1.00 bits per heavy atom. The lowest BCUT2D eigenvalue weighted by Gasteiger charge is -2.36. The van der Waals surface area contributed by atoms with Crippen molar-refractivity contribution < 1.29 is 0 Å². The lowest BCUT2D eigenvalue weighted by molar-refractivity contribution is 0.116. The normalized spacial score (nSPS) is 14.7. The summed E-state index contributed by atoms with van der Waals surface area (Å²) < 4.78 is 0. The van der Waals surface area contributed by atoms with Crippen LogP contribution in [0.4, 0.5) is 0 Å². The third kappa shape index (κ3) is 40.0. The minimum absolute atomic E-state index is 1.12. The van der Waals surface area contributed by atoms with E-state index < -0.39 is 0 Å². The maximum atomic E-state index is 2.85. The molecule has 1 heterocycles. The van der Waals surface area contributed by atoms with E-state index in [0.717, 1.165) is 12.8 Å². The molecule has 1 saturated heterocycles. The average Bonchev–Trinajstić information content (AvgIpc) is 3.23. The van der Waals surface area contributed by atoms with Gasteiger partial charge in [0.15, 0.2) is 0 Å². The summed E-state index contributed by atoms with van der Waals surface area (Å²) in [6.45, 7) is 18.5. The van der Waals surface area contributed by atoms with Crippen LogP contribution in [0.1, 0.15) is 239 Å². The molecule has 1 aliphatic rings. The molecule has 0 saturated carbocycles. The Hall–Kier alpha value is -1.16. The van der Waals surface area contributed by atoms with E-state index in [9.17, 15) is 0 Å². The molecule has 0 radical (unpaired) electrons. The molecule has 1 aliphatic heterocycles. The number of hydrogen-bond donors (Lipinski definition) is 0. The van der Waals surface area contributed by atoms with Crippen molar-refractivity contribution in [3.05, 3.63) is 48.6 Å². The summed E-state index contributed by atoms with van der Waals surface area (Å²) in [6.07, 6.45) is 65.6. The number of piperazine rings is 1. The van der Waals surface area contributed by atoms with Crippen molar-refractivity contribution in [3.63, 3.8) is 0 Å². The van der Waals surface area contributed by atoms with Crippen LogP contribution in [0.25, 0.3) is 0 Å². The third-order valence-corrected chi connectivity index (χ3v) is 12.4. The fourth-order valence-corrected chi connectivity index (χ4v) is 8.32. The monoisotopic (exact) mass is 794 g/mol. The molecule has 334 valence electrons. The predicted octanol–water partition coefficient (Wildman–Crippen LogP) is 16.5. The van der Waals surface area contributed by atoms with E-state index in [-0.39, 0.29) is 0 Å². The molecule has 0 aliphatic carbocycles. The fraction of sp³-hybridized carbons (Fsp3) is 0.852. The molecular formula is C54H103N3. The van der Waals surface area contributed by atoms with Gasteiger partial charge < -0.3 is 9.80 Å². The molecule has 0 N–H and O–H groups in total. The first-order valence-electron chi connectivity index (χ1n) is 26.1. The topological polar surface area (TPSA) is 9.72 Å². The van der Waals surface area contributed by atoms with Crippen LogP contribution in [-0.4, -0.2) is 73.6 Å². The second kappa shape index (κ2) is 45.9. The highest BCUT2D eigenvalue weighted by atomic mass is 15.3. The van der Waals surface area contributed by atoms with Gasteiger partial charge in [0, 0.05) is 39.3 Å². The van der Waals surface area contributed by atoms with Crippen LogP contribution >= 0.6 is 0 Å². The Bertz CT molecular complexity index is 833. The molecule has 0 aromatic heterocycles. The molecule has 57 heavy (non-hydrogen) atoms. The molecule has 0 aromatic carbocycles. The molecule has 0 unspecified atom stereocenters. The number of allylic oxidation sites excluding steroid dienone is 8. The summed E-state index contributed by atoms with van der Waals surface area (Å²) >= 11 is 0. The minimum atomic E-state index is 1.12. The Kier molecular flexibility index (Phi) is 43.4. The lowest BCUT2D eigenvalue weighted by Crippen LogP contribution is -2.48. The summed E-state index contributed by atoms with van der Waals surface area (Å²) in [6, 6.07) is 0. The zero-order valence-corrected chi connectivity index (χ0v) is 39.4. The first-order valence-corrected chi connectivity index (χ1v) is 26.1. The van der Waals surface area contributed by atoms with Gasteiger partial charge in [-0.2, -0.15) is 0 Å². The summed E-state index contributed by atoms with van der Waals surface area (Å²) in [7, 11) is 0. The Morgan fingerprint density at radius 2 is 0.596 bits per heavy atom. The second-order valence-electron chi connectivity index (χ2n) is 17.9. The smallest absolute Gasteiger partial charge is 0.0110 e. The van der Waals surface area contributed by atoms with Gasteiger partial charge in [-0.05, 0) is 103 Å². The van der Waals surface area contributed by atoms with Gasteiger partial charge in [0.1, 0.15) is 0 Å². The van der Waals surface area contributed by atoms with E-state index in [1.54, 1.807) is 0 Å². The van der Waals surface area contributed by atoms with Crippen LogP contribution in [0.3, 0.4) is 0 Å². The van der Waals surface area contributed by atoms with Gasteiger partial charge in [0.2, 0.25) is 0 Å². The number of rotatable bonds is 44. The van der Waals surface area contributed by atoms with Crippen LogP contribution in [0.2, 0.25) is 0 Å². The molecule has 0 bridgehead atoms. The average molecular weight is 794 g/mol. The van der Waals surface area contributed by atoms with Crippen LogP contribution in [0, 0.1) is 0 Å². The Labute approximate surface area is 360 Å². The van der Waals surface area contributed by atoms with Crippen molar-refractivity contribution in [1.82, 2.24) is 14.7 Å². The molecule has 0 amide bonds.